The second kappa shape index (κ2) is 8.47. The molecule has 3 rings (SSSR count). The molecule has 0 aliphatic carbocycles. The molecule has 1 atom stereocenters. The van der Waals surface area contributed by atoms with E-state index in [4.69, 9.17) is 21.1 Å². The summed E-state index contributed by atoms with van der Waals surface area (Å²) in [5.74, 6) is 0.350. The Morgan fingerprint density at radius 1 is 1.25 bits per heavy atom. The third-order valence-corrected chi connectivity index (χ3v) is 4.42. The van der Waals surface area contributed by atoms with E-state index in [1.807, 2.05) is 24.3 Å². The van der Waals surface area contributed by atoms with E-state index >= 15 is 0 Å². The number of nitrogens with one attached hydrogen (secondary N) is 1. The quantitative estimate of drug-likeness (QED) is 0.807. The van der Waals surface area contributed by atoms with Gasteiger partial charge in [-0.2, -0.15) is 0 Å². The molecule has 0 radical (unpaired) electrons. The second-order valence-corrected chi connectivity index (χ2v) is 6.31. The molecule has 1 saturated heterocycles. The Morgan fingerprint density at radius 2 is 2.12 bits per heavy atom. The van der Waals surface area contributed by atoms with E-state index in [1.165, 1.54) is 6.07 Å². The van der Waals surface area contributed by atoms with Gasteiger partial charge in [0.15, 0.2) is 0 Å². The van der Waals surface area contributed by atoms with Crippen LogP contribution in [0.1, 0.15) is 24.0 Å². The first-order valence-corrected chi connectivity index (χ1v) is 8.57. The molecule has 128 valence electrons. The SMILES string of the molecule is Fc1cccc(Cl)c1COc1cccc(CNC[C@H]2CCCO2)c1. The number of benzene rings is 2. The van der Waals surface area contributed by atoms with Gasteiger partial charge in [-0.15, -0.1) is 0 Å². The molecular formula is C19H21ClFNO2. The highest BCUT2D eigenvalue weighted by Gasteiger charge is 2.14. The maximum atomic E-state index is 13.8. The van der Waals surface area contributed by atoms with Gasteiger partial charge in [-0.1, -0.05) is 29.8 Å². The van der Waals surface area contributed by atoms with Crippen LogP contribution in [0.15, 0.2) is 42.5 Å². The summed E-state index contributed by atoms with van der Waals surface area (Å²) in [6.07, 6.45) is 2.60. The van der Waals surface area contributed by atoms with E-state index in [9.17, 15) is 4.39 Å². The molecule has 3 nitrogen and oxygen atoms in total. The first-order chi connectivity index (χ1) is 11.7. The highest BCUT2D eigenvalue weighted by molar-refractivity contribution is 6.31. The summed E-state index contributed by atoms with van der Waals surface area (Å²) < 4.78 is 25.0. The van der Waals surface area contributed by atoms with Crippen molar-refractivity contribution in [3.8, 4) is 5.75 Å². The van der Waals surface area contributed by atoms with E-state index in [1.54, 1.807) is 12.1 Å². The van der Waals surface area contributed by atoms with Crippen molar-refractivity contribution in [2.24, 2.45) is 0 Å². The van der Waals surface area contributed by atoms with Gasteiger partial charge in [0.05, 0.1) is 11.1 Å². The number of ether oxygens (including phenoxy) is 2. The lowest BCUT2D eigenvalue weighted by molar-refractivity contribution is 0.110. The van der Waals surface area contributed by atoms with Crippen LogP contribution in [0.5, 0.6) is 5.75 Å². The zero-order chi connectivity index (χ0) is 16.8. The summed E-state index contributed by atoms with van der Waals surface area (Å²) >= 11 is 6.02. The van der Waals surface area contributed by atoms with Gasteiger partial charge < -0.3 is 14.8 Å². The van der Waals surface area contributed by atoms with Crippen molar-refractivity contribution in [1.82, 2.24) is 5.32 Å². The van der Waals surface area contributed by atoms with Crippen molar-refractivity contribution in [2.45, 2.75) is 32.1 Å². The molecule has 0 aromatic heterocycles. The summed E-state index contributed by atoms with van der Waals surface area (Å²) in [5.41, 5.74) is 1.49. The van der Waals surface area contributed by atoms with Crippen LogP contribution >= 0.6 is 11.6 Å². The average Bonchev–Trinajstić information content (AvgIpc) is 3.08. The minimum atomic E-state index is -0.350. The lowest BCUT2D eigenvalue weighted by Gasteiger charge is -2.12. The van der Waals surface area contributed by atoms with E-state index in [2.05, 4.69) is 5.32 Å². The Hall–Kier alpha value is -1.62. The second-order valence-electron chi connectivity index (χ2n) is 5.90. The Morgan fingerprint density at radius 3 is 2.92 bits per heavy atom. The standard InChI is InChI=1S/C19H21ClFNO2/c20-18-7-2-8-19(21)17(18)13-24-15-5-1-4-14(10-15)11-22-12-16-6-3-9-23-16/h1-2,4-5,7-8,10,16,22H,3,6,9,11-13H2/t16-/m1/s1. The van der Waals surface area contributed by atoms with Crippen molar-refractivity contribution in [3.05, 3.63) is 64.4 Å². The van der Waals surface area contributed by atoms with Crippen LogP contribution in [0, 0.1) is 5.82 Å². The molecule has 24 heavy (non-hydrogen) atoms. The third-order valence-electron chi connectivity index (χ3n) is 4.07. The average molecular weight is 350 g/mol. The largest absolute Gasteiger partial charge is 0.489 e. The maximum Gasteiger partial charge on any atom is 0.131 e. The molecule has 1 aliphatic rings. The van der Waals surface area contributed by atoms with Crippen LogP contribution in [0.2, 0.25) is 5.02 Å². The molecule has 0 saturated carbocycles. The summed E-state index contributed by atoms with van der Waals surface area (Å²) in [4.78, 5) is 0. The Balaban J connectivity index is 1.53. The smallest absolute Gasteiger partial charge is 0.131 e. The van der Waals surface area contributed by atoms with Crippen molar-refractivity contribution in [2.75, 3.05) is 13.2 Å². The molecule has 1 fully saturated rings. The number of hydrogen-bond acceptors (Lipinski definition) is 3. The number of hydrogen-bond donors (Lipinski definition) is 1. The molecule has 2 aromatic rings. The highest BCUT2D eigenvalue weighted by Crippen LogP contribution is 2.22. The zero-order valence-corrected chi connectivity index (χ0v) is 14.2. The minimum absolute atomic E-state index is 0.109. The molecule has 0 spiro atoms. The predicted octanol–water partition coefficient (Wildman–Crippen LogP) is 4.33. The first-order valence-electron chi connectivity index (χ1n) is 8.19. The molecule has 1 aliphatic heterocycles. The Bertz CT molecular complexity index is 654. The van der Waals surface area contributed by atoms with Crippen molar-refractivity contribution >= 4 is 11.6 Å². The summed E-state index contributed by atoms with van der Waals surface area (Å²) in [6, 6.07) is 12.4. The van der Waals surface area contributed by atoms with Crippen molar-refractivity contribution in [3.63, 3.8) is 0 Å². The molecule has 0 bridgehead atoms. The molecule has 5 heteroatoms. The van der Waals surface area contributed by atoms with Crippen LogP contribution in [0.4, 0.5) is 4.39 Å². The number of halogens is 2. The summed E-state index contributed by atoms with van der Waals surface area (Å²) in [7, 11) is 0. The normalized spacial score (nSPS) is 17.2. The molecule has 0 amide bonds. The fourth-order valence-electron chi connectivity index (χ4n) is 2.75. The molecule has 0 unspecified atom stereocenters. The van der Waals surface area contributed by atoms with Crippen molar-refractivity contribution in [1.29, 1.82) is 0 Å². The van der Waals surface area contributed by atoms with Gasteiger partial charge in [0.2, 0.25) is 0 Å². The monoisotopic (exact) mass is 349 g/mol. The highest BCUT2D eigenvalue weighted by atomic mass is 35.5. The van der Waals surface area contributed by atoms with E-state index in [0.29, 0.717) is 22.4 Å². The first kappa shape index (κ1) is 17.2. The third kappa shape index (κ3) is 4.69. The van der Waals surface area contributed by atoms with E-state index in [0.717, 1.165) is 38.1 Å². The van der Waals surface area contributed by atoms with Crippen LogP contribution in [-0.4, -0.2) is 19.3 Å². The zero-order valence-electron chi connectivity index (χ0n) is 13.4. The van der Waals surface area contributed by atoms with Gasteiger partial charge in [0.1, 0.15) is 18.2 Å². The lowest BCUT2D eigenvalue weighted by Crippen LogP contribution is -2.25. The molecule has 2 aromatic carbocycles. The Kier molecular flexibility index (Phi) is 6.07. The fourth-order valence-corrected chi connectivity index (χ4v) is 2.97. The van der Waals surface area contributed by atoms with Gasteiger partial charge in [-0.3, -0.25) is 0 Å². The fraction of sp³-hybridized carbons (Fsp3) is 0.368. The maximum absolute atomic E-state index is 13.8. The van der Waals surface area contributed by atoms with Gasteiger partial charge in [-0.05, 0) is 42.7 Å². The topological polar surface area (TPSA) is 30.5 Å². The molecule has 1 heterocycles. The van der Waals surface area contributed by atoms with E-state index < -0.39 is 0 Å². The van der Waals surface area contributed by atoms with Gasteiger partial charge >= 0.3 is 0 Å². The van der Waals surface area contributed by atoms with Crippen molar-refractivity contribution < 1.29 is 13.9 Å². The Labute approximate surface area is 146 Å². The van der Waals surface area contributed by atoms with Gasteiger partial charge in [-0.25, -0.2) is 4.39 Å². The molecular weight excluding hydrogens is 329 g/mol. The van der Waals surface area contributed by atoms with Crippen LogP contribution in [-0.2, 0) is 17.9 Å². The summed E-state index contributed by atoms with van der Waals surface area (Å²) in [6.45, 7) is 2.58. The van der Waals surface area contributed by atoms with Gasteiger partial charge in [0, 0.05) is 25.3 Å². The lowest BCUT2D eigenvalue weighted by atomic mass is 10.2. The number of rotatable bonds is 7. The predicted molar refractivity (Wildman–Crippen MR) is 92.9 cm³/mol. The van der Waals surface area contributed by atoms with E-state index in [-0.39, 0.29) is 12.4 Å². The summed E-state index contributed by atoms with van der Waals surface area (Å²) in [5, 5.41) is 3.78. The van der Waals surface area contributed by atoms with Crippen LogP contribution in [0.3, 0.4) is 0 Å². The van der Waals surface area contributed by atoms with Gasteiger partial charge in [0.25, 0.3) is 0 Å². The van der Waals surface area contributed by atoms with Crippen LogP contribution in [0.25, 0.3) is 0 Å². The molecule has 1 N–H and O–H groups in total. The minimum Gasteiger partial charge on any atom is -0.489 e. The van der Waals surface area contributed by atoms with Crippen LogP contribution < -0.4 is 10.1 Å².